The van der Waals surface area contributed by atoms with Crippen LogP contribution in [0, 0.1) is 0 Å². The summed E-state index contributed by atoms with van der Waals surface area (Å²) in [6, 6.07) is 10.1. The third-order valence-corrected chi connectivity index (χ3v) is 1.48. The Hall–Kier alpha value is -1.83. The lowest BCUT2D eigenvalue weighted by atomic mass is 10.3. The van der Waals surface area contributed by atoms with Crippen LogP contribution in [0.4, 0.5) is 10.1 Å². The SMILES string of the molecule is C=C/C=C(\C)Nc1ccccc1.C=CC.CC.CC.CC.CC.CF. The summed E-state index contributed by atoms with van der Waals surface area (Å²) in [6.45, 7) is 26.9. The Morgan fingerprint density at radius 2 is 1.16 bits per heavy atom. The quantitative estimate of drug-likeness (QED) is 0.421. The molecular weight excluding hydrogens is 309 g/mol. The summed E-state index contributed by atoms with van der Waals surface area (Å²) in [6.07, 6.45) is 5.46. The monoisotopic (exact) mass is 355 g/mol. The van der Waals surface area contributed by atoms with E-state index in [1.165, 1.54) is 0 Å². The third kappa shape index (κ3) is 52.0. The van der Waals surface area contributed by atoms with Gasteiger partial charge in [-0.1, -0.05) is 92.3 Å². The van der Waals surface area contributed by atoms with Gasteiger partial charge in [0.25, 0.3) is 0 Å². The van der Waals surface area contributed by atoms with Crippen LogP contribution in [0.3, 0.4) is 0 Å². The standard InChI is InChI=1S/C11H13N.C3H6.4C2H6.CH3F/c1-3-7-10(2)12-11-8-5-4-6-9-11;1-3-2;5*1-2/h3-9,12H,1H2,2H3;3H,1H2,2H3;4*1-2H3;1H3/b10-7+;;;;;;. The molecule has 0 unspecified atom stereocenters. The van der Waals surface area contributed by atoms with Gasteiger partial charge in [0.05, 0.1) is 7.18 Å². The number of hydrogen-bond donors (Lipinski definition) is 1. The molecule has 0 aliphatic rings. The minimum absolute atomic E-state index is 0.500. The molecule has 1 rings (SSSR count). The summed E-state index contributed by atoms with van der Waals surface area (Å²) >= 11 is 0. The van der Waals surface area contributed by atoms with E-state index in [-0.39, 0.29) is 0 Å². The van der Waals surface area contributed by atoms with E-state index in [0.717, 1.165) is 11.4 Å². The van der Waals surface area contributed by atoms with E-state index < -0.39 is 0 Å². The van der Waals surface area contributed by atoms with E-state index in [9.17, 15) is 4.39 Å². The first-order chi connectivity index (χ1) is 12.2. The van der Waals surface area contributed by atoms with Crippen molar-refractivity contribution in [3.63, 3.8) is 0 Å². The molecule has 0 heterocycles. The number of para-hydroxylation sites is 1. The van der Waals surface area contributed by atoms with Crippen molar-refractivity contribution in [2.75, 3.05) is 12.5 Å². The van der Waals surface area contributed by atoms with Crippen molar-refractivity contribution in [2.24, 2.45) is 0 Å². The van der Waals surface area contributed by atoms with Crippen LogP contribution in [-0.2, 0) is 0 Å². The Bertz CT molecular complexity index is 316. The van der Waals surface area contributed by atoms with E-state index in [4.69, 9.17) is 0 Å². The minimum atomic E-state index is 0.500. The summed E-state index contributed by atoms with van der Waals surface area (Å²) in [5, 5.41) is 3.23. The number of nitrogens with one attached hydrogen (secondary N) is 1. The second-order valence-corrected chi connectivity index (χ2v) is 2.98. The Morgan fingerprint density at radius 1 is 0.840 bits per heavy atom. The fourth-order valence-electron chi connectivity index (χ4n) is 0.968. The number of anilines is 1. The van der Waals surface area contributed by atoms with Gasteiger partial charge in [-0.15, -0.1) is 6.58 Å². The molecule has 0 aromatic heterocycles. The summed E-state index contributed by atoms with van der Waals surface area (Å²) in [7, 11) is 0.500. The number of alkyl halides is 1. The van der Waals surface area contributed by atoms with Crippen molar-refractivity contribution in [1.29, 1.82) is 0 Å². The predicted molar refractivity (Wildman–Crippen MR) is 122 cm³/mol. The maximum absolute atomic E-state index is 9.50. The first kappa shape index (κ1) is 38.6. The smallest absolute Gasteiger partial charge is 0.0785 e. The molecule has 25 heavy (non-hydrogen) atoms. The predicted octanol–water partition coefficient (Wildman–Crippen LogP) is 9.07. The maximum atomic E-state index is 9.50. The van der Waals surface area contributed by atoms with Gasteiger partial charge in [0, 0.05) is 11.4 Å². The molecule has 1 aromatic carbocycles. The van der Waals surface area contributed by atoms with Gasteiger partial charge < -0.3 is 5.32 Å². The largest absolute Gasteiger partial charge is 0.359 e. The zero-order valence-electron chi connectivity index (χ0n) is 18.9. The van der Waals surface area contributed by atoms with E-state index >= 15 is 0 Å². The van der Waals surface area contributed by atoms with E-state index in [2.05, 4.69) is 18.5 Å². The molecule has 2 heteroatoms. The molecule has 0 atom stereocenters. The highest BCUT2D eigenvalue weighted by molar-refractivity contribution is 5.47. The van der Waals surface area contributed by atoms with Crippen molar-refractivity contribution < 1.29 is 4.39 Å². The number of rotatable bonds is 3. The van der Waals surface area contributed by atoms with Gasteiger partial charge in [0.15, 0.2) is 0 Å². The normalized spacial score (nSPS) is 6.96. The molecule has 0 radical (unpaired) electrons. The second kappa shape index (κ2) is 57.3. The summed E-state index contributed by atoms with van der Waals surface area (Å²) in [5.41, 5.74) is 2.20. The lowest BCUT2D eigenvalue weighted by Crippen LogP contribution is -1.93. The highest BCUT2D eigenvalue weighted by Crippen LogP contribution is 2.07. The fraction of sp³-hybridized carbons (Fsp3) is 0.478. The van der Waals surface area contributed by atoms with Crippen LogP contribution in [0.2, 0.25) is 0 Å². The number of allylic oxidation sites excluding steroid dienone is 4. The number of halogens is 1. The number of hydrogen-bond acceptors (Lipinski definition) is 1. The van der Waals surface area contributed by atoms with Gasteiger partial charge in [-0.2, -0.15) is 0 Å². The summed E-state index contributed by atoms with van der Waals surface area (Å²) < 4.78 is 9.50. The molecule has 1 aromatic rings. The first-order valence-corrected chi connectivity index (χ1v) is 9.30. The van der Waals surface area contributed by atoms with Gasteiger partial charge in [0.1, 0.15) is 0 Å². The summed E-state index contributed by atoms with van der Waals surface area (Å²) in [4.78, 5) is 0. The van der Waals surface area contributed by atoms with E-state index in [1.54, 1.807) is 12.2 Å². The van der Waals surface area contributed by atoms with Crippen molar-refractivity contribution in [2.45, 2.75) is 69.2 Å². The second-order valence-electron chi connectivity index (χ2n) is 2.98. The molecule has 0 saturated carbocycles. The van der Waals surface area contributed by atoms with Gasteiger partial charge in [0.2, 0.25) is 0 Å². The molecule has 1 N–H and O–H groups in total. The average molecular weight is 356 g/mol. The average Bonchev–Trinajstić information content (AvgIpc) is 2.71. The lowest BCUT2D eigenvalue weighted by Gasteiger charge is -2.04. The van der Waals surface area contributed by atoms with Gasteiger partial charge >= 0.3 is 0 Å². The maximum Gasteiger partial charge on any atom is 0.0785 e. The number of benzene rings is 1. The molecule has 0 amide bonds. The zero-order valence-corrected chi connectivity index (χ0v) is 18.9. The Kier molecular flexibility index (Phi) is 88.5. The summed E-state index contributed by atoms with van der Waals surface area (Å²) in [5.74, 6) is 0. The van der Waals surface area contributed by atoms with Crippen molar-refractivity contribution >= 4 is 5.69 Å². The van der Waals surface area contributed by atoms with Crippen molar-refractivity contribution in [1.82, 2.24) is 0 Å². The minimum Gasteiger partial charge on any atom is -0.359 e. The molecule has 150 valence electrons. The highest BCUT2D eigenvalue weighted by atomic mass is 19.1. The third-order valence-electron chi connectivity index (χ3n) is 1.48. The molecule has 1 nitrogen and oxygen atoms in total. The fourth-order valence-corrected chi connectivity index (χ4v) is 0.968. The topological polar surface area (TPSA) is 12.0 Å². The zero-order chi connectivity index (χ0) is 21.5. The van der Waals surface area contributed by atoms with Crippen LogP contribution < -0.4 is 5.32 Å². The Labute approximate surface area is 159 Å². The molecule has 0 bridgehead atoms. The van der Waals surface area contributed by atoms with Gasteiger partial charge in [-0.3, -0.25) is 4.39 Å². The molecule has 0 aliphatic carbocycles. The van der Waals surface area contributed by atoms with Crippen LogP contribution in [0.15, 0.2) is 67.4 Å². The van der Waals surface area contributed by atoms with Gasteiger partial charge in [-0.05, 0) is 32.1 Å². The molecular formula is C23H46FN. The molecule has 0 aliphatic heterocycles. The van der Waals surface area contributed by atoms with E-state index in [0.29, 0.717) is 7.18 Å². The van der Waals surface area contributed by atoms with Crippen LogP contribution >= 0.6 is 0 Å². The van der Waals surface area contributed by atoms with E-state index in [1.807, 2.05) is 106 Å². The van der Waals surface area contributed by atoms with Crippen LogP contribution in [0.1, 0.15) is 69.2 Å². The van der Waals surface area contributed by atoms with Crippen LogP contribution in [-0.4, -0.2) is 7.18 Å². The van der Waals surface area contributed by atoms with Crippen LogP contribution in [0.5, 0.6) is 0 Å². The first-order valence-electron chi connectivity index (χ1n) is 9.30. The Balaban J connectivity index is -0.0000000585. The molecule has 0 fully saturated rings. The Morgan fingerprint density at radius 3 is 1.44 bits per heavy atom. The van der Waals surface area contributed by atoms with Crippen molar-refractivity contribution in [3.05, 3.63) is 67.4 Å². The highest BCUT2D eigenvalue weighted by Gasteiger charge is 1.87. The van der Waals surface area contributed by atoms with Crippen LogP contribution in [0.25, 0.3) is 0 Å². The lowest BCUT2D eigenvalue weighted by molar-refractivity contribution is 0.636. The van der Waals surface area contributed by atoms with Gasteiger partial charge in [-0.25, -0.2) is 0 Å². The molecule has 0 spiro atoms. The molecule has 0 saturated heterocycles. The van der Waals surface area contributed by atoms with Crippen molar-refractivity contribution in [3.8, 4) is 0 Å².